The van der Waals surface area contributed by atoms with Crippen LogP contribution in [0, 0.1) is 0 Å². The number of aromatic nitrogens is 2. The average molecular weight is 556 g/mol. The van der Waals surface area contributed by atoms with Crippen molar-refractivity contribution < 1.29 is 23.5 Å². The number of hydrogen-bond donors (Lipinski definition) is 2. The van der Waals surface area contributed by atoms with Crippen LogP contribution in [-0.2, 0) is 26.8 Å². The van der Waals surface area contributed by atoms with E-state index in [0.717, 1.165) is 16.9 Å². The molecule has 4 rings (SSSR count). The highest BCUT2D eigenvalue weighted by Gasteiger charge is 2.43. The Balaban J connectivity index is 1.68. The molecule has 1 aliphatic heterocycles. The molecule has 2 atom stereocenters. The molecule has 3 heterocycles. The molecule has 39 heavy (non-hydrogen) atoms. The first-order valence-electron chi connectivity index (χ1n) is 13.3. The molecule has 0 unspecified atom stereocenters. The van der Waals surface area contributed by atoms with Crippen molar-refractivity contribution in [3.05, 3.63) is 35.7 Å². The maximum absolute atomic E-state index is 13.0. The second-order valence-corrected chi connectivity index (χ2v) is 17.4. The number of carbonyl (C=O) groups excluding carboxylic acids is 2. The Bertz CT molecular complexity index is 1250. The molecular formula is C28H41N5O5Si. The van der Waals surface area contributed by atoms with E-state index in [1.807, 2.05) is 32.9 Å². The Morgan fingerprint density at radius 3 is 2.51 bits per heavy atom. The number of methoxy groups -OCH3 is 1. The first-order valence-corrected chi connectivity index (χ1v) is 16.3. The number of pyridine rings is 2. The van der Waals surface area contributed by atoms with E-state index in [-0.39, 0.29) is 29.6 Å². The molecule has 2 N–H and O–H groups in total. The number of alkyl carbamates (subject to hydrolysis) is 1. The van der Waals surface area contributed by atoms with Crippen molar-refractivity contribution in [2.45, 2.75) is 90.3 Å². The molecule has 0 radical (unpaired) electrons. The molecule has 0 saturated heterocycles. The maximum Gasteiger partial charge on any atom is 0.407 e. The van der Waals surface area contributed by atoms with Crippen LogP contribution < -0.4 is 20.3 Å². The van der Waals surface area contributed by atoms with Gasteiger partial charge >= 0.3 is 6.09 Å². The van der Waals surface area contributed by atoms with Crippen LogP contribution in [0.25, 0.3) is 0 Å². The summed E-state index contributed by atoms with van der Waals surface area (Å²) in [6.07, 6.45) is 1.98. The Kier molecular flexibility index (Phi) is 7.70. The lowest BCUT2D eigenvalue weighted by Gasteiger charge is -2.43. The van der Waals surface area contributed by atoms with Gasteiger partial charge in [-0.2, -0.15) is 4.98 Å². The number of ether oxygens (including phenoxy) is 2. The topological polar surface area (TPSA) is 115 Å². The van der Waals surface area contributed by atoms with Crippen molar-refractivity contribution in [2.75, 3.05) is 23.9 Å². The van der Waals surface area contributed by atoms with Gasteiger partial charge in [0.15, 0.2) is 14.1 Å². The highest BCUT2D eigenvalue weighted by Crippen LogP contribution is 2.40. The molecule has 2 aromatic heterocycles. The van der Waals surface area contributed by atoms with Crippen molar-refractivity contribution in [3.8, 4) is 5.88 Å². The maximum atomic E-state index is 13.0. The Labute approximate surface area is 232 Å². The van der Waals surface area contributed by atoms with Crippen molar-refractivity contribution >= 4 is 37.5 Å². The predicted molar refractivity (Wildman–Crippen MR) is 153 cm³/mol. The Morgan fingerprint density at radius 1 is 1.15 bits per heavy atom. The number of carbonyl (C=O) groups is 2. The zero-order chi connectivity index (χ0) is 28.8. The molecule has 212 valence electrons. The van der Waals surface area contributed by atoms with Gasteiger partial charge in [-0.1, -0.05) is 20.8 Å². The molecule has 11 heteroatoms. The van der Waals surface area contributed by atoms with Gasteiger partial charge in [-0.15, -0.1) is 0 Å². The third-order valence-electron chi connectivity index (χ3n) is 7.49. The molecule has 1 aliphatic carbocycles. The molecule has 0 bridgehead atoms. The first kappa shape index (κ1) is 28.8. The summed E-state index contributed by atoms with van der Waals surface area (Å²) in [6.45, 7) is 16.7. The van der Waals surface area contributed by atoms with Gasteiger partial charge in [0.2, 0.25) is 5.88 Å². The Hall–Kier alpha value is -3.18. The molecule has 0 spiro atoms. The van der Waals surface area contributed by atoms with Crippen molar-refractivity contribution in [2.24, 2.45) is 0 Å². The largest absolute Gasteiger partial charge is 0.481 e. The van der Waals surface area contributed by atoms with Crippen molar-refractivity contribution in [1.29, 1.82) is 0 Å². The second-order valence-electron chi connectivity index (χ2n) is 12.7. The van der Waals surface area contributed by atoms with E-state index in [4.69, 9.17) is 18.9 Å². The van der Waals surface area contributed by atoms with Crippen LogP contribution in [-0.4, -0.2) is 61.7 Å². The number of fused-ring (bicyclic) bond motifs is 2. The van der Waals surface area contributed by atoms with E-state index >= 15 is 0 Å². The van der Waals surface area contributed by atoms with Gasteiger partial charge in [0.05, 0.1) is 43.4 Å². The normalized spacial score (nSPS) is 19.5. The van der Waals surface area contributed by atoms with Gasteiger partial charge in [-0.25, -0.2) is 4.79 Å². The number of hydrogen-bond acceptors (Lipinski definition) is 8. The molecule has 2 aliphatic rings. The van der Waals surface area contributed by atoms with Crippen LogP contribution in [0.2, 0.25) is 18.1 Å². The molecule has 0 aromatic carbocycles. The zero-order valence-electron chi connectivity index (χ0n) is 24.5. The van der Waals surface area contributed by atoms with Crippen molar-refractivity contribution in [3.63, 3.8) is 0 Å². The van der Waals surface area contributed by atoms with Gasteiger partial charge in [-0.3, -0.25) is 14.7 Å². The highest BCUT2D eigenvalue weighted by molar-refractivity contribution is 6.74. The number of amides is 2. The zero-order valence-corrected chi connectivity index (χ0v) is 25.5. The predicted octanol–water partition coefficient (Wildman–Crippen LogP) is 4.96. The van der Waals surface area contributed by atoms with E-state index < -0.39 is 20.0 Å². The summed E-state index contributed by atoms with van der Waals surface area (Å²) in [5.41, 5.74) is 2.61. The summed E-state index contributed by atoms with van der Waals surface area (Å²) >= 11 is 0. The van der Waals surface area contributed by atoms with E-state index in [9.17, 15) is 9.59 Å². The lowest BCUT2D eigenvalue weighted by molar-refractivity contribution is -0.116. The molecule has 2 aromatic rings. The quantitative estimate of drug-likeness (QED) is 0.498. The van der Waals surface area contributed by atoms with Crippen LogP contribution in [0.4, 0.5) is 22.0 Å². The summed E-state index contributed by atoms with van der Waals surface area (Å²) in [4.78, 5) is 36.7. The van der Waals surface area contributed by atoms with Gasteiger partial charge in [-0.05, 0) is 56.6 Å². The molecule has 2 amide bonds. The number of rotatable bonds is 5. The molecule has 0 fully saturated rings. The Morgan fingerprint density at radius 2 is 1.87 bits per heavy atom. The van der Waals surface area contributed by atoms with Crippen LogP contribution in [0.1, 0.15) is 52.8 Å². The average Bonchev–Trinajstić information content (AvgIpc) is 2.81. The van der Waals surface area contributed by atoms with Crippen LogP contribution in [0.3, 0.4) is 0 Å². The standard InChI is InChI=1S/C28H41N5O5Si/c1-27(2,3)37-26(35)31-21-14-20-17(13-22(21)38-39(8,9)28(4,5)6)12-18(15-29-20)33-24(34)16-30-19-10-11-23(36-7)32-25(19)33/h10-12,15,21-22,30H,13-14,16H2,1-9H3,(H,31,35)/t21-,22-/m0/s1. The fourth-order valence-corrected chi connectivity index (χ4v) is 5.84. The van der Waals surface area contributed by atoms with Gasteiger partial charge < -0.3 is 24.5 Å². The summed E-state index contributed by atoms with van der Waals surface area (Å²) in [5.74, 6) is 0.751. The van der Waals surface area contributed by atoms with Gasteiger partial charge in [0.25, 0.3) is 5.91 Å². The monoisotopic (exact) mass is 555 g/mol. The molecule has 10 nitrogen and oxygen atoms in total. The second kappa shape index (κ2) is 10.4. The summed E-state index contributed by atoms with van der Waals surface area (Å²) in [7, 11) is -0.634. The van der Waals surface area contributed by atoms with Crippen LogP contribution in [0.5, 0.6) is 5.88 Å². The minimum Gasteiger partial charge on any atom is -0.481 e. The third kappa shape index (κ3) is 6.35. The molecular weight excluding hydrogens is 514 g/mol. The van der Waals surface area contributed by atoms with Gasteiger partial charge in [0, 0.05) is 24.6 Å². The smallest absolute Gasteiger partial charge is 0.407 e. The molecule has 0 saturated carbocycles. The van der Waals surface area contributed by atoms with E-state index in [1.54, 1.807) is 24.3 Å². The SMILES string of the molecule is COc1ccc2c(n1)N(c1cnc3c(c1)C[C@H](O[Si](C)(C)C(C)(C)C)[C@@H](NC(=O)OC(C)(C)C)C3)C(=O)CN2. The van der Waals surface area contributed by atoms with Crippen LogP contribution >= 0.6 is 0 Å². The fraction of sp³-hybridized carbons (Fsp3) is 0.571. The third-order valence-corrected chi connectivity index (χ3v) is 12.0. The summed E-state index contributed by atoms with van der Waals surface area (Å²) in [6, 6.07) is 5.29. The highest BCUT2D eigenvalue weighted by atomic mass is 28.4. The first-order chi connectivity index (χ1) is 18.1. The number of nitrogens with zero attached hydrogens (tertiary/aromatic N) is 3. The fourth-order valence-electron chi connectivity index (χ4n) is 4.48. The number of nitrogens with one attached hydrogen (secondary N) is 2. The van der Waals surface area contributed by atoms with Gasteiger partial charge in [0.1, 0.15) is 5.60 Å². The lowest BCUT2D eigenvalue weighted by Crippen LogP contribution is -2.55. The number of anilines is 3. The minimum atomic E-state index is -2.18. The lowest BCUT2D eigenvalue weighted by atomic mass is 9.89. The van der Waals surface area contributed by atoms with E-state index in [0.29, 0.717) is 30.2 Å². The van der Waals surface area contributed by atoms with E-state index in [1.165, 1.54) is 0 Å². The van der Waals surface area contributed by atoms with Crippen LogP contribution in [0.15, 0.2) is 24.4 Å². The van der Waals surface area contributed by atoms with E-state index in [2.05, 4.69) is 49.5 Å². The summed E-state index contributed by atoms with van der Waals surface area (Å²) in [5, 5.41) is 6.16. The summed E-state index contributed by atoms with van der Waals surface area (Å²) < 4.78 is 17.7. The van der Waals surface area contributed by atoms with Crippen molar-refractivity contribution in [1.82, 2.24) is 15.3 Å². The minimum absolute atomic E-state index is 0.00843.